The molecule has 0 spiro atoms. The van der Waals surface area contributed by atoms with Gasteiger partial charge in [-0.1, -0.05) is 20.8 Å². The summed E-state index contributed by atoms with van der Waals surface area (Å²) in [6.07, 6.45) is 1.82. The van der Waals surface area contributed by atoms with E-state index in [0.717, 1.165) is 22.3 Å². The lowest BCUT2D eigenvalue weighted by Crippen LogP contribution is -2.30. The molecule has 1 atom stereocenters. The molecule has 2 aromatic rings. The van der Waals surface area contributed by atoms with Gasteiger partial charge in [0.2, 0.25) is 0 Å². The van der Waals surface area contributed by atoms with E-state index in [1.54, 1.807) is 0 Å². The van der Waals surface area contributed by atoms with Crippen molar-refractivity contribution >= 4 is 22.3 Å². The van der Waals surface area contributed by atoms with E-state index in [-0.39, 0.29) is 5.41 Å². The van der Waals surface area contributed by atoms with Crippen LogP contribution in [0, 0.1) is 5.41 Å². The molecular weight excluding hydrogens is 222 g/mol. The number of nitrogen functional groups attached to an aromatic ring is 1. The number of nitrogens with one attached hydrogen (secondary N) is 1. The fourth-order valence-electron chi connectivity index (χ4n) is 1.74. The average molecular weight is 243 g/mol. The van der Waals surface area contributed by atoms with Crippen molar-refractivity contribution in [1.82, 2.24) is 4.98 Å². The Labute approximate surface area is 108 Å². The minimum Gasteiger partial charge on any atom is -0.399 e. The van der Waals surface area contributed by atoms with Gasteiger partial charge in [0, 0.05) is 29.0 Å². The summed E-state index contributed by atoms with van der Waals surface area (Å²) in [7, 11) is 0. The Hall–Kier alpha value is -1.77. The second-order valence-electron chi connectivity index (χ2n) is 5.87. The number of fused-ring (bicyclic) bond motifs is 1. The Morgan fingerprint density at radius 2 is 1.94 bits per heavy atom. The zero-order chi connectivity index (χ0) is 13.3. The molecule has 2 rings (SSSR count). The third kappa shape index (κ3) is 2.55. The van der Waals surface area contributed by atoms with Crippen molar-refractivity contribution in [2.75, 3.05) is 11.1 Å². The van der Waals surface area contributed by atoms with Gasteiger partial charge < -0.3 is 11.1 Å². The van der Waals surface area contributed by atoms with Crippen molar-refractivity contribution in [3.63, 3.8) is 0 Å². The Balaban J connectivity index is 2.40. The topological polar surface area (TPSA) is 50.9 Å². The van der Waals surface area contributed by atoms with E-state index < -0.39 is 0 Å². The number of hydrogen-bond donors (Lipinski definition) is 2. The monoisotopic (exact) mass is 243 g/mol. The zero-order valence-corrected chi connectivity index (χ0v) is 11.5. The quantitative estimate of drug-likeness (QED) is 0.791. The maximum atomic E-state index is 5.78. The average Bonchev–Trinajstić information content (AvgIpc) is 2.27. The van der Waals surface area contributed by atoms with Crippen molar-refractivity contribution in [2.24, 2.45) is 5.41 Å². The van der Waals surface area contributed by atoms with Crippen molar-refractivity contribution < 1.29 is 0 Å². The predicted octanol–water partition coefficient (Wildman–Crippen LogP) is 3.66. The van der Waals surface area contributed by atoms with Gasteiger partial charge in [0.25, 0.3) is 0 Å². The first-order valence-corrected chi connectivity index (χ1v) is 6.29. The van der Waals surface area contributed by atoms with Crippen LogP contribution < -0.4 is 11.1 Å². The third-order valence-electron chi connectivity index (χ3n) is 3.44. The molecule has 3 N–H and O–H groups in total. The molecule has 0 aliphatic rings. The number of rotatable bonds is 2. The molecule has 0 amide bonds. The first-order valence-electron chi connectivity index (χ1n) is 6.29. The molecule has 0 bridgehead atoms. The Morgan fingerprint density at radius 1 is 1.22 bits per heavy atom. The van der Waals surface area contributed by atoms with E-state index in [9.17, 15) is 0 Å². The van der Waals surface area contributed by atoms with E-state index in [1.165, 1.54) is 0 Å². The van der Waals surface area contributed by atoms with Crippen LogP contribution in [0.3, 0.4) is 0 Å². The number of anilines is 2. The highest BCUT2D eigenvalue weighted by atomic mass is 14.9. The van der Waals surface area contributed by atoms with Gasteiger partial charge in [-0.15, -0.1) is 0 Å². The van der Waals surface area contributed by atoms with Gasteiger partial charge in [0.1, 0.15) is 0 Å². The zero-order valence-electron chi connectivity index (χ0n) is 11.5. The highest BCUT2D eigenvalue weighted by Crippen LogP contribution is 2.27. The predicted molar refractivity (Wildman–Crippen MR) is 78.7 cm³/mol. The summed E-state index contributed by atoms with van der Waals surface area (Å²) in [6.45, 7) is 8.88. The number of aromatic nitrogens is 1. The molecule has 0 aliphatic carbocycles. The Morgan fingerprint density at radius 3 is 2.61 bits per heavy atom. The van der Waals surface area contributed by atoms with Gasteiger partial charge in [0.05, 0.1) is 5.52 Å². The maximum absolute atomic E-state index is 5.78. The highest BCUT2D eigenvalue weighted by Gasteiger charge is 2.20. The van der Waals surface area contributed by atoms with Crippen molar-refractivity contribution in [3.8, 4) is 0 Å². The van der Waals surface area contributed by atoms with Gasteiger partial charge in [-0.3, -0.25) is 4.98 Å². The number of hydrogen-bond acceptors (Lipinski definition) is 3. The van der Waals surface area contributed by atoms with Crippen LogP contribution in [0.2, 0.25) is 0 Å². The molecule has 3 heteroatoms. The number of pyridine rings is 1. The van der Waals surface area contributed by atoms with Gasteiger partial charge >= 0.3 is 0 Å². The molecule has 18 heavy (non-hydrogen) atoms. The van der Waals surface area contributed by atoms with E-state index in [0.29, 0.717) is 6.04 Å². The molecule has 0 saturated carbocycles. The van der Waals surface area contributed by atoms with Crippen LogP contribution >= 0.6 is 0 Å². The van der Waals surface area contributed by atoms with Crippen LogP contribution in [-0.2, 0) is 0 Å². The lowest BCUT2D eigenvalue weighted by molar-refractivity contribution is 0.359. The molecule has 0 radical (unpaired) electrons. The molecule has 0 fully saturated rings. The molecule has 0 aliphatic heterocycles. The molecule has 1 unspecified atom stereocenters. The maximum Gasteiger partial charge on any atom is 0.0743 e. The van der Waals surface area contributed by atoms with E-state index in [1.807, 2.05) is 30.5 Å². The molecule has 3 nitrogen and oxygen atoms in total. The standard InChI is InChI=1S/C15H21N3/c1-10(15(2,3)4)18-13-7-8-17-14-9-11(16)5-6-12(13)14/h5-10H,16H2,1-4H3,(H,17,18). The summed E-state index contributed by atoms with van der Waals surface area (Å²) >= 11 is 0. The molecular formula is C15H21N3. The van der Waals surface area contributed by atoms with Gasteiger partial charge in [-0.05, 0) is 36.6 Å². The number of nitrogens with zero attached hydrogens (tertiary/aromatic N) is 1. The molecule has 1 heterocycles. The van der Waals surface area contributed by atoms with Crippen LogP contribution in [0.5, 0.6) is 0 Å². The minimum atomic E-state index is 0.212. The summed E-state index contributed by atoms with van der Waals surface area (Å²) in [5.74, 6) is 0. The molecule has 1 aromatic carbocycles. The van der Waals surface area contributed by atoms with E-state index >= 15 is 0 Å². The highest BCUT2D eigenvalue weighted by molar-refractivity contribution is 5.92. The third-order valence-corrected chi connectivity index (χ3v) is 3.44. The van der Waals surface area contributed by atoms with Crippen LogP contribution in [0.1, 0.15) is 27.7 Å². The van der Waals surface area contributed by atoms with Crippen molar-refractivity contribution in [1.29, 1.82) is 0 Å². The van der Waals surface area contributed by atoms with E-state index in [4.69, 9.17) is 5.73 Å². The Kier molecular flexibility index (Phi) is 3.16. The van der Waals surface area contributed by atoms with Crippen LogP contribution in [0.4, 0.5) is 11.4 Å². The normalized spacial score (nSPS) is 13.6. The Bertz CT molecular complexity index is 555. The summed E-state index contributed by atoms with van der Waals surface area (Å²) in [5, 5.41) is 4.68. The van der Waals surface area contributed by atoms with Crippen molar-refractivity contribution in [2.45, 2.75) is 33.7 Å². The number of benzene rings is 1. The first-order chi connectivity index (χ1) is 8.38. The second kappa shape index (κ2) is 4.48. The van der Waals surface area contributed by atoms with Gasteiger partial charge in [-0.2, -0.15) is 0 Å². The summed E-state index contributed by atoms with van der Waals surface area (Å²) < 4.78 is 0. The summed E-state index contributed by atoms with van der Waals surface area (Å²) in [6, 6.07) is 8.23. The molecule has 96 valence electrons. The lowest BCUT2D eigenvalue weighted by atomic mass is 9.88. The lowest BCUT2D eigenvalue weighted by Gasteiger charge is -2.29. The van der Waals surface area contributed by atoms with Crippen LogP contribution in [0.25, 0.3) is 10.9 Å². The second-order valence-corrected chi connectivity index (χ2v) is 5.87. The molecule has 0 saturated heterocycles. The fourth-order valence-corrected chi connectivity index (χ4v) is 1.74. The fraction of sp³-hybridized carbons (Fsp3) is 0.400. The van der Waals surface area contributed by atoms with Gasteiger partial charge in [0.15, 0.2) is 0 Å². The van der Waals surface area contributed by atoms with Crippen LogP contribution in [0.15, 0.2) is 30.5 Å². The molecule has 1 aromatic heterocycles. The van der Waals surface area contributed by atoms with Crippen LogP contribution in [-0.4, -0.2) is 11.0 Å². The number of nitrogens with two attached hydrogens (primary N) is 1. The van der Waals surface area contributed by atoms with Crippen molar-refractivity contribution in [3.05, 3.63) is 30.5 Å². The summed E-state index contributed by atoms with van der Waals surface area (Å²) in [4.78, 5) is 4.35. The SMILES string of the molecule is CC(Nc1ccnc2cc(N)ccc12)C(C)(C)C. The summed E-state index contributed by atoms with van der Waals surface area (Å²) in [5.41, 5.74) is 8.79. The minimum absolute atomic E-state index is 0.212. The van der Waals surface area contributed by atoms with Gasteiger partial charge in [-0.25, -0.2) is 0 Å². The van der Waals surface area contributed by atoms with E-state index in [2.05, 4.69) is 38.0 Å². The smallest absolute Gasteiger partial charge is 0.0743 e. The first kappa shape index (κ1) is 12.7. The largest absolute Gasteiger partial charge is 0.399 e.